The van der Waals surface area contributed by atoms with Gasteiger partial charge < -0.3 is 15.0 Å². The number of nitrogens with zero attached hydrogens (tertiary/aromatic N) is 2. The molecule has 2 aliphatic heterocycles. The second-order valence-electron chi connectivity index (χ2n) is 6.73. The summed E-state index contributed by atoms with van der Waals surface area (Å²) < 4.78 is 5.45. The number of hydrogen-bond acceptors (Lipinski definition) is 4. The highest BCUT2D eigenvalue weighted by molar-refractivity contribution is 5.76. The van der Waals surface area contributed by atoms with E-state index in [4.69, 9.17) is 4.74 Å². The molecule has 5 heteroatoms. The maximum absolute atomic E-state index is 12.1. The smallest absolute Gasteiger partial charge is 0.220 e. The molecule has 2 aliphatic rings. The minimum Gasteiger partial charge on any atom is -0.381 e. The fourth-order valence-electron chi connectivity index (χ4n) is 3.46. The van der Waals surface area contributed by atoms with Crippen molar-refractivity contribution in [1.29, 1.82) is 0 Å². The molecule has 1 unspecified atom stereocenters. The Labute approximate surface area is 138 Å². The maximum atomic E-state index is 12.1. The van der Waals surface area contributed by atoms with Gasteiger partial charge in [-0.25, -0.2) is 0 Å². The number of amides is 1. The van der Waals surface area contributed by atoms with Crippen LogP contribution in [0.5, 0.6) is 0 Å². The van der Waals surface area contributed by atoms with Gasteiger partial charge in [0.25, 0.3) is 0 Å². The molecular formula is C18H27N3O2. The topological polar surface area (TPSA) is 54.5 Å². The summed E-state index contributed by atoms with van der Waals surface area (Å²) >= 11 is 0. The van der Waals surface area contributed by atoms with Crippen LogP contribution in [0.25, 0.3) is 0 Å². The molecule has 0 aliphatic carbocycles. The van der Waals surface area contributed by atoms with Crippen LogP contribution in [0, 0.1) is 5.92 Å². The van der Waals surface area contributed by atoms with E-state index in [1.165, 1.54) is 12.0 Å². The summed E-state index contributed by atoms with van der Waals surface area (Å²) in [6, 6.07) is 4.29. The first-order valence-electron chi connectivity index (χ1n) is 8.78. The van der Waals surface area contributed by atoms with Crippen molar-refractivity contribution in [3.8, 4) is 0 Å². The molecule has 0 saturated carbocycles. The zero-order valence-electron chi connectivity index (χ0n) is 13.7. The first-order valence-corrected chi connectivity index (χ1v) is 8.78. The summed E-state index contributed by atoms with van der Waals surface area (Å²) in [7, 11) is 0. The Kier molecular flexibility index (Phi) is 6.00. The fraction of sp³-hybridized carbons (Fsp3) is 0.667. The lowest BCUT2D eigenvalue weighted by Crippen LogP contribution is -2.45. The van der Waals surface area contributed by atoms with Gasteiger partial charge in [-0.15, -0.1) is 0 Å². The van der Waals surface area contributed by atoms with Crippen molar-refractivity contribution in [3.05, 3.63) is 30.1 Å². The number of ether oxygens (including phenoxy) is 1. The van der Waals surface area contributed by atoms with Gasteiger partial charge in [-0.2, -0.15) is 0 Å². The van der Waals surface area contributed by atoms with E-state index < -0.39 is 0 Å². The number of carbonyl (C=O) groups excluding carboxylic acids is 1. The molecule has 2 saturated heterocycles. The molecule has 1 N–H and O–H groups in total. The van der Waals surface area contributed by atoms with Crippen LogP contribution < -0.4 is 5.32 Å². The highest BCUT2D eigenvalue weighted by atomic mass is 16.5. The van der Waals surface area contributed by atoms with Crippen molar-refractivity contribution < 1.29 is 9.53 Å². The van der Waals surface area contributed by atoms with E-state index in [2.05, 4.69) is 15.2 Å². The number of carbonyl (C=O) groups is 1. The van der Waals surface area contributed by atoms with Gasteiger partial charge in [-0.3, -0.25) is 9.78 Å². The van der Waals surface area contributed by atoms with Gasteiger partial charge >= 0.3 is 0 Å². The average molecular weight is 317 g/mol. The first-order chi connectivity index (χ1) is 11.3. The second kappa shape index (κ2) is 8.41. The van der Waals surface area contributed by atoms with Gasteiger partial charge in [0.1, 0.15) is 0 Å². The van der Waals surface area contributed by atoms with Gasteiger partial charge in [-0.1, -0.05) is 0 Å². The Bertz CT molecular complexity index is 480. The largest absolute Gasteiger partial charge is 0.381 e. The molecule has 3 heterocycles. The van der Waals surface area contributed by atoms with Gasteiger partial charge in [0.2, 0.25) is 5.91 Å². The van der Waals surface area contributed by atoms with Gasteiger partial charge in [0.05, 0.1) is 6.61 Å². The molecule has 5 nitrogen and oxygen atoms in total. The van der Waals surface area contributed by atoms with Crippen molar-refractivity contribution >= 4 is 5.91 Å². The molecule has 0 bridgehead atoms. The first kappa shape index (κ1) is 16.4. The Morgan fingerprint density at radius 2 is 2.04 bits per heavy atom. The van der Waals surface area contributed by atoms with Crippen molar-refractivity contribution in [2.45, 2.75) is 38.1 Å². The predicted molar refractivity (Wildman–Crippen MR) is 89.1 cm³/mol. The molecule has 1 aromatic rings. The van der Waals surface area contributed by atoms with Crippen LogP contribution >= 0.6 is 0 Å². The molecule has 1 aromatic heterocycles. The number of piperidine rings is 1. The molecule has 2 fully saturated rings. The lowest BCUT2D eigenvalue weighted by molar-refractivity contribution is -0.122. The van der Waals surface area contributed by atoms with Crippen molar-refractivity contribution in [2.24, 2.45) is 5.92 Å². The van der Waals surface area contributed by atoms with Gasteiger partial charge in [-0.05, 0) is 49.3 Å². The van der Waals surface area contributed by atoms with Crippen molar-refractivity contribution in [3.63, 3.8) is 0 Å². The molecule has 126 valence electrons. The average Bonchev–Trinajstić information content (AvgIpc) is 3.09. The highest BCUT2D eigenvalue weighted by Crippen LogP contribution is 2.17. The third-order valence-corrected chi connectivity index (χ3v) is 4.88. The third-order valence-electron chi connectivity index (χ3n) is 4.88. The van der Waals surface area contributed by atoms with Crippen LogP contribution in [0.4, 0.5) is 0 Å². The molecule has 1 atom stereocenters. The normalized spacial score (nSPS) is 23.0. The van der Waals surface area contributed by atoms with Gasteiger partial charge in [0, 0.05) is 51.1 Å². The monoisotopic (exact) mass is 317 g/mol. The number of likely N-dealkylation sites (tertiary alicyclic amines) is 1. The Hall–Kier alpha value is -1.46. The van der Waals surface area contributed by atoms with Gasteiger partial charge in [0.15, 0.2) is 0 Å². The summed E-state index contributed by atoms with van der Waals surface area (Å²) in [5.74, 6) is 0.881. The maximum Gasteiger partial charge on any atom is 0.220 e. The number of nitrogens with one attached hydrogen (secondary N) is 1. The lowest BCUT2D eigenvalue weighted by atomic mass is 10.0. The Morgan fingerprint density at radius 1 is 1.26 bits per heavy atom. The standard InChI is InChI=1S/C18H27N3O2/c22-18(2-1-15-3-8-19-9-4-15)20-17-5-10-21(11-6-17)13-16-7-12-23-14-16/h3-4,8-9,16-17H,1-2,5-7,10-14H2,(H,20,22). The zero-order chi connectivity index (χ0) is 15.9. The minimum absolute atomic E-state index is 0.171. The summed E-state index contributed by atoms with van der Waals surface area (Å²) in [6.07, 6.45) is 8.23. The Balaban J connectivity index is 1.32. The van der Waals surface area contributed by atoms with Crippen LogP contribution in [-0.2, 0) is 16.0 Å². The van der Waals surface area contributed by atoms with Crippen molar-refractivity contribution in [2.75, 3.05) is 32.8 Å². The quantitative estimate of drug-likeness (QED) is 0.866. The second-order valence-corrected chi connectivity index (χ2v) is 6.73. The number of aryl methyl sites for hydroxylation is 1. The minimum atomic E-state index is 0.171. The van der Waals surface area contributed by atoms with E-state index >= 15 is 0 Å². The van der Waals surface area contributed by atoms with E-state index in [9.17, 15) is 4.79 Å². The van der Waals surface area contributed by atoms with Crippen molar-refractivity contribution in [1.82, 2.24) is 15.2 Å². The summed E-state index contributed by atoms with van der Waals surface area (Å²) in [5, 5.41) is 3.20. The zero-order valence-corrected chi connectivity index (χ0v) is 13.7. The van der Waals surface area contributed by atoms with Crippen LogP contribution in [0.1, 0.15) is 31.2 Å². The molecular weight excluding hydrogens is 290 g/mol. The summed E-state index contributed by atoms with van der Waals surface area (Å²) in [6.45, 7) is 5.18. The highest BCUT2D eigenvalue weighted by Gasteiger charge is 2.24. The Morgan fingerprint density at radius 3 is 2.74 bits per heavy atom. The number of pyridine rings is 1. The third kappa shape index (κ3) is 5.29. The van der Waals surface area contributed by atoms with E-state index in [0.717, 1.165) is 52.1 Å². The van der Waals surface area contributed by atoms with Crippen LogP contribution in [0.15, 0.2) is 24.5 Å². The van der Waals surface area contributed by atoms with Crippen LogP contribution in [0.2, 0.25) is 0 Å². The van der Waals surface area contributed by atoms with Crippen LogP contribution in [0.3, 0.4) is 0 Å². The molecule has 1 amide bonds. The molecule has 0 spiro atoms. The molecule has 23 heavy (non-hydrogen) atoms. The SMILES string of the molecule is O=C(CCc1ccncc1)NC1CCN(CC2CCOC2)CC1. The predicted octanol–water partition coefficient (Wildman–Crippen LogP) is 1.63. The van der Waals surface area contributed by atoms with E-state index in [1.807, 2.05) is 12.1 Å². The summed E-state index contributed by atoms with van der Waals surface area (Å²) in [4.78, 5) is 18.6. The number of hydrogen-bond donors (Lipinski definition) is 1. The van der Waals surface area contributed by atoms with E-state index in [-0.39, 0.29) is 5.91 Å². The molecule has 3 rings (SSSR count). The van der Waals surface area contributed by atoms with Crippen LogP contribution in [-0.4, -0.2) is 54.7 Å². The summed E-state index contributed by atoms with van der Waals surface area (Å²) in [5.41, 5.74) is 1.17. The van der Waals surface area contributed by atoms with E-state index in [0.29, 0.717) is 18.4 Å². The fourth-order valence-corrected chi connectivity index (χ4v) is 3.46. The number of aromatic nitrogens is 1. The van der Waals surface area contributed by atoms with E-state index in [1.54, 1.807) is 12.4 Å². The molecule has 0 aromatic carbocycles. The number of rotatable bonds is 6. The lowest BCUT2D eigenvalue weighted by Gasteiger charge is -2.33. The molecule has 0 radical (unpaired) electrons.